The van der Waals surface area contributed by atoms with Crippen molar-refractivity contribution < 1.29 is 8.81 Å². The lowest BCUT2D eigenvalue weighted by molar-refractivity contribution is 0.303. The van der Waals surface area contributed by atoms with Gasteiger partial charge in [-0.3, -0.25) is 0 Å². The molecule has 0 saturated carbocycles. The molecular formula is C20H26FN5O. The molecule has 0 bridgehead atoms. The Kier molecular flexibility index (Phi) is 6.59. The number of para-hydroxylation sites is 1. The number of hydrogen-bond acceptors (Lipinski definition) is 6. The fourth-order valence-electron chi connectivity index (χ4n) is 2.96. The highest BCUT2D eigenvalue weighted by molar-refractivity contribution is 5.90. The van der Waals surface area contributed by atoms with Crippen LogP contribution in [0.4, 0.5) is 16.2 Å². The summed E-state index contributed by atoms with van der Waals surface area (Å²) >= 11 is 0. The molecule has 0 unspecified atom stereocenters. The molecule has 144 valence electrons. The molecule has 0 saturated heterocycles. The van der Waals surface area contributed by atoms with Crippen LogP contribution in [0.1, 0.15) is 26.0 Å². The van der Waals surface area contributed by atoms with Gasteiger partial charge >= 0.3 is 0 Å². The van der Waals surface area contributed by atoms with Gasteiger partial charge in [-0.25, -0.2) is 9.37 Å². The van der Waals surface area contributed by atoms with Crippen molar-refractivity contribution in [3.8, 4) is 0 Å². The van der Waals surface area contributed by atoms with Crippen LogP contribution in [0.25, 0.3) is 10.9 Å². The van der Waals surface area contributed by atoms with Gasteiger partial charge in [0, 0.05) is 11.9 Å². The van der Waals surface area contributed by atoms with Crippen LogP contribution in [-0.4, -0.2) is 41.0 Å². The van der Waals surface area contributed by atoms with E-state index in [1.165, 1.54) is 6.07 Å². The molecule has 0 aliphatic rings. The van der Waals surface area contributed by atoms with E-state index in [1.54, 1.807) is 12.3 Å². The molecule has 0 amide bonds. The first-order chi connectivity index (χ1) is 13.2. The zero-order valence-electron chi connectivity index (χ0n) is 15.8. The van der Waals surface area contributed by atoms with Crippen LogP contribution >= 0.6 is 0 Å². The van der Waals surface area contributed by atoms with E-state index in [1.807, 2.05) is 18.2 Å². The Morgan fingerprint density at radius 3 is 2.67 bits per heavy atom. The number of anilines is 2. The van der Waals surface area contributed by atoms with Crippen LogP contribution in [0.5, 0.6) is 0 Å². The lowest BCUT2D eigenvalue weighted by Gasteiger charge is -2.18. The van der Waals surface area contributed by atoms with Crippen LogP contribution in [0.2, 0.25) is 0 Å². The molecule has 3 aromatic rings. The van der Waals surface area contributed by atoms with Crippen LogP contribution in [0, 0.1) is 5.82 Å². The lowest BCUT2D eigenvalue weighted by atomic mass is 10.2. The molecule has 2 heterocycles. The van der Waals surface area contributed by atoms with Crippen molar-refractivity contribution in [1.82, 2.24) is 14.9 Å². The lowest BCUT2D eigenvalue weighted by Crippen LogP contribution is -2.25. The van der Waals surface area contributed by atoms with Crippen molar-refractivity contribution in [3.63, 3.8) is 0 Å². The smallest absolute Gasteiger partial charge is 0.225 e. The number of furan rings is 1. The standard InChI is InChI=1S/C20H26FN5O/c1-3-26(4-2)12-7-11-22-20-24-18-16(9-5-10-17(18)21)19(25-20)23-14-15-8-6-13-27-15/h5-6,8-10,13H,3-4,7,11-12,14H2,1-2H3,(H2,22,23,24,25). The van der Waals surface area contributed by atoms with Gasteiger partial charge in [-0.05, 0) is 50.3 Å². The summed E-state index contributed by atoms with van der Waals surface area (Å²) < 4.78 is 19.6. The highest BCUT2D eigenvalue weighted by atomic mass is 19.1. The van der Waals surface area contributed by atoms with Crippen molar-refractivity contribution in [3.05, 3.63) is 48.2 Å². The third kappa shape index (κ3) is 4.95. The van der Waals surface area contributed by atoms with Gasteiger partial charge in [0.05, 0.1) is 12.8 Å². The molecule has 0 atom stereocenters. The second kappa shape index (κ2) is 9.32. The maximum absolute atomic E-state index is 14.3. The van der Waals surface area contributed by atoms with Gasteiger partial charge in [0.1, 0.15) is 22.9 Å². The first-order valence-electron chi connectivity index (χ1n) is 9.40. The molecule has 1 aromatic carbocycles. The SMILES string of the molecule is CCN(CC)CCCNc1nc(NCc2ccco2)c2cccc(F)c2n1. The van der Waals surface area contributed by atoms with Crippen molar-refractivity contribution in [2.24, 2.45) is 0 Å². The van der Waals surface area contributed by atoms with Gasteiger partial charge in [0.2, 0.25) is 5.95 Å². The first kappa shape index (κ1) is 19.1. The maximum atomic E-state index is 14.3. The average Bonchev–Trinajstić information content (AvgIpc) is 3.20. The van der Waals surface area contributed by atoms with Crippen LogP contribution in [0.3, 0.4) is 0 Å². The summed E-state index contributed by atoms with van der Waals surface area (Å²) in [6.45, 7) is 8.59. The summed E-state index contributed by atoms with van der Waals surface area (Å²) in [5.41, 5.74) is 0.306. The second-order valence-electron chi connectivity index (χ2n) is 6.27. The minimum Gasteiger partial charge on any atom is -0.467 e. The Balaban J connectivity index is 1.73. The number of nitrogens with one attached hydrogen (secondary N) is 2. The second-order valence-corrected chi connectivity index (χ2v) is 6.27. The van der Waals surface area contributed by atoms with E-state index >= 15 is 0 Å². The molecule has 0 aliphatic heterocycles. The van der Waals surface area contributed by atoms with Crippen molar-refractivity contribution in [2.45, 2.75) is 26.8 Å². The molecular weight excluding hydrogens is 345 g/mol. The fraction of sp³-hybridized carbons (Fsp3) is 0.400. The van der Waals surface area contributed by atoms with Gasteiger partial charge in [-0.1, -0.05) is 19.9 Å². The Morgan fingerprint density at radius 2 is 1.93 bits per heavy atom. The summed E-state index contributed by atoms with van der Waals surface area (Å²) in [6, 6.07) is 8.60. The Hall–Kier alpha value is -2.67. The third-order valence-electron chi connectivity index (χ3n) is 4.52. The molecule has 6 nitrogen and oxygen atoms in total. The van der Waals surface area contributed by atoms with E-state index < -0.39 is 0 Å². The number of benzene rings is 1. The molecule has 0 aliphatic carbocycles. The molecule has 0 radical (unpaired) electrons. The Labute approximate surface area is 158 Å². The van der Waals surface area contributed by atoms with Crippen molar-refractivity contribution in [2.75, 3.05) is 36.8 Å². The molecule has 3 rings (SSSR count). The van der Waals surface area contributed by atoms with E-state index in [9.17, 15) is 4.39 Å². The highest BCUT2D eigenvalue weighted by Gasteiger charge is 2.11. The summed E-state index contributed by atoms with van der Waals surface area (Å²) in [4.78, 5) is 11.3. The quantitative estimate of drug-likeness (QED) is 0.523. The fourth-order valence-corrected chi connectivity index (χ4v) is 2.96. The van der Waals surface area contributed by atoms with Crippen molar-refractivity contribution >= 4 is 22.7 Å². The van der Waals surface area contributed by atoms with Gasteiger partial charge < -0.3 is 20.0 Å². The van der Waals surface area contributed by atoms with Crippen LogP contribution in [-0.2, 0) is 6.54 Å². The number of nitrogens with zero attached hydrogens (tertiary/aromatic N) is 3. The number of halogens is 1. The Morgan fingerprint density at radius 1 is 1.07 bits per heavy atom. The molecule has 0 fully saturated rings. The zero-order chi connectivity index (χ0) is 19.1. The predicted molar refractivity (Wildman–Crippen MR) is 106 cm³/mol. The predicted octanol–water partition coefficient (Wildman–Crippen LogP) is 4.12. The molecule has 2 N–H and O–H groups in total. The molecule has 2 aromatic heterocycles. The van der Waals surface area contributed by atoms with Crippen LogP contribution in [0.15, 0.2) is 41.0 Å². The third-order valence-corrected chi connectivity index (χ3v) is 4.52. The van der Waals surface area contributed by atoms with Gasteiger partial charge in [-0.2, -0.15) is 4.98 Å². The van der Waals surface area contributed by atoms with Crippen molar-refractivity contribution in [1.29, 1.82) is 0 Å². The van der Waals surface area contributed by atoms with Gasteiger partial charge in [-0.15, -0.1) is 0 Å². The summed E-state index contributed by atoms with van der Waals surface area (Å²) in [5, 5.41) is 7.10. The monoisotopic (exact) mass is 371 g/mol. The van der Waals surface area contributed by atoms with Gasteiger partial charge in [0.15, 0.2) is 0 Å². The normalized spacial score (nSPS) is 11.3. The number of rotatable bonds is 10. The maximum Gasteiger partial charge on any atom is 0.225 e. The van der Waals surface area contributed by atoms with E-state index in [0.29, 0.717) is 29.2 Å². The van der Waals surface area contributed by atoms with E-state index in [2.05, 4.69) is 39.3 Å². The van der Waals surface area contributed by atoms with E-state index in [0.717, 1.165) is 38.4 Å². The van der Waals surface area contributed by atoms with Crippen LogP contribution < -0.4 is 10.6 Å². The largest absolute Gasteiger partial charge is 0.467 e. The van der Waals surface area contributed by atoms with Gasteiger partial charge in [0.25, 0.3) is 0 Å². The molecule has 0 spiro atoms. The minimum absolute atomic E-state index is 0.306. The topological polar surface area (TPSA) is 66.2 Å². The molecule has 7 heteroatoms. The average molecular weight is 371 g/mol. The summed E-state index contributed by atoms with van der Waals surface area (Å²) in [5.74, 6) is 1.44. The molecule has 27 heavy (non-hydrogen) atoms. The number of hydrogen-bond donors (Lipinski definition) is 2. The summed E-state index contributed by atoms with van der Waals surface area (Å²) in [6.07, 6.45) is 2.59. The van der Waals surface area contributed by atoms with E-state index in [4.69, 9.17) is 4.42 Å². The number of aromatic nitrogens is 2. The highest BCUT2D eigenvalue weighted by Crippen LogP contribution is 2.24. The first-order valence-corrected chi connectivity index (χ1v) is 9.40. The number of fused-ring (bicyclic) bond motifs is 1. The zero-order valence-corrected chi connectivity index (χ0v) is 15.8. The van der Waals surface area contributed by atoms with E-state index in [-0.39, 0.29) is 5.82 Å². The minimum atomic E-state index is -0.359. The summed E-state index contributed by atoms with van der Waals surface area (Å²) in [7, 11) is 0. The Bertz CT molecular complexity index is 849.